The molecule has 0 radical (unpaired) electrons. The smallest absolute Gasteiger partial charge is 0.306 e. The number of ether oxygens (including phenoxy) is 3. The van der Waals surface area contributed by atoms with Crippen LogP contribution in [0.25, 0.3) is 0 Å². The van der Waals surface area contributed by atoms with Gasteiger partial charge >= 0.3 is 17.9 Å². The molecule has 0 rings (SSSR count). The van der Waals surface area contributed by atoms with Crippen molar-refractivity contribution in [3.8, 4) is 0 Å². The highest BCUT2D eigenvalue weighted by Crippen LogP contribution is 2.11. The molecule has 0 bridgehead atoms. The highest BCUT2D eigenvalue weighted by atomic mass is 16.6. The average Bonchev–Trinajstić information content (AvgIpc) is 3.15. The van der Waals surface area contributed by atoms with Gasteiger partial charge < -0.3 is 14.2 Å². The van der Waals surface area contributed by atoms with Crippen LogP contribution in [0.3, 0.4) is 0 Å². The monoisotopic (exact) mass is 735 g/mol. The predicted octanol–water partition coefficient (Wildman–Crippen LogP) is 13.1. The van der Waals surface area contributed by atoms with Crippen LogP contribution in [-0.4, -0.2) is 37.2 Å². The summed E-state index contributed by atoms with van der Waals surface area (Å²) in [5.74, 6) is -1.02. The fraction of sp³-hybridized carbons (Fsp3) is 0.596. The van der Waals surface area contributed by atoms with E-state index >= 15 is 0 Å². The Kier molecular flexibility index (Phi) is 38.2. The van der Waals surface area contributed by atoms with E-state index in [9.17, 15) is 14.4 Å². The first-order valence-corrected chi connectivity index (χ1v) is 20.8. The average molecular weight is 735 g/mol. The summed E-state index contributed by atoms with van der Waals surface area (Å²) in [6, 6.07) is 0. The van der Waals surface area contributed by atoms with E-state index in [1.807, 2.05) is 36.5 Å². The summed E-state index contributed by atoms with van der Waals surface area (Å²) < 4.78 is 16.6. The molecule has 0 heterocycles. The van der Waals surface area contributed by atoms with Crippen molar-refractivity contribution in [2.45, 2.75) is 168 Å². The number of hydrogen-bond donors (Lipinski definition) is 0. The molecule has 298 valence electrons. The van der Waals surface area contributed by atoms with E-state index in [-0.39, 0.29) is 37.5 Å². The van der Waals surface area contributed by atoms with Crippen LogP contribution in [0.15, 0.2) is 97.2 Å². The van der Waals surface area contributed by atoms with Crippen LogP contribution in [0, 0.1) is 0 Å². The minimum Gasteiger partial charge on any atom is -0.462 e. The molecular weight excluding hydrogens is 661 g/mol. The molecule has 6 nitrogen and oxygen atoms in total. The standard InChI is InChI=1S/C47H74O6/c1-4-7-10-13-16-19-22-24-26-28-31-34-37-40-46(49)52-43-44(42-51-45(48)39-36-33-30-27-21-18-15-12-9-6-3)53-47(50)41-38-35-32-29-25-23-20-17-14-11-8-5-2/h7-8,10-11,13,15-20,22,24-26,29,44H,4-6,9,12,14,21,23,27-28,30-43H2,1-3H3/b10-7-,11-8-,16-13-,18-15-,20-17-,22-19-,26-24-,29-25-. The first-order valence-electron chi connectivity index (χ1n) is 20.8. The largest absolute Gasteiger partial charge is 0.462 e. The Labute approximate surface area is 324 Å². The fourth-order valence-corrected chi connectivity index (χ4v) is 5.03. The molecule has 0 aliphatic carbocycles. The quantitative estimate of drug-likeness (QED) is 0.0212. The highest BCUT2D eigenvalue weighted by Gasteiger charge is 2.19. The van der Waals surface area contributed by atoms with Gasteiger partial charge in [-0.15, -0.1) is 0 Å². The fourth-order valence-electron chi connectivity index (χ4n) is 5.03. The van der Waals surface area contributed by atoms with Crippen LogP contribution in [0.5, 0.6) is 0 Å². The number of allylic oxidation sites excluding steroid dienone is 16. The van der Waals surface area contributed by atoms with Gasteiger partial charge in [-0.3, -0.25) is 14.4 Å². The molecule has 0 aliphatic heterocycles. The van der Waals surface area contributed by atoms with Gasteiger partial charge in [0.25, 0.3) is 0 Å². The summed E-state index contributed by atoms with van der Waals surface area (Å²) in [5.41, 5.74) is 0. The van der Waals surface area contributed by atoms with Crippen molar-refractivity contribution in [3.05, 3.63) is 97.2 Å². The minimum atomic E-state index is -0.815. The number of carbonyl (C=O) groups is 3. The molecule has 0 fully saturated rings. The Balaban J connectivity index is 4.55. The maximum absolute atomic E-state index is 12.6. The van der Waals surface area contributed by atoms with Gasteiger partial charge in [0.2, 0.25) is 0 Å². The van der Waals surface area contributed by atoms with Crippen LogP contribution >= 0.6 is 0 Å². The van der Waals surface area contributed by atoms with Crippen molar-refractivity contribution in [1.29, 1.82) is 0 Å². The first-order chi connectivity index (χ1) is 26.0. The van der Waals surface area contributed by atoms with E-state index in [0.717, 1.165) is 103 Å². The number of unbranched alkanes of at least 4 members (excludes halogenated alkanes) is 11. The predicted molar refractivity (Wildman–Crippen MR) is 224 cm³/mol. The summed E-state index contributed by atoms with van der Waals surface area (Å²) in [7, 11) is 0. The molecule has 1 atom stereocenters. The number of hydrogen-bond acceptors (Lipinski definition) is 6. The zero-order valence-corrected chi connectivity index (χ0v) is 33.7. The van der Waals surface area contributed by atoms with Crippen molar-refractivity contribution < 1.29 is 28.6 Å². The van der Waals surface area contributed by atoms with Gasteiger partial charge in [0.1, 0.15) is 13.2 Å². The van der Waals surface area contributed by atoms with Crippen molar-refractivity contribution in [2.24, 2.45) is 0 Å². The molecule has 6 heteroatoms. The lowest BCUT2D eigenvalue weighted by Gasteiger charge is -2.18. The third-order valence-electron chi connectivity index (χ3n) is 8.15. The molecule has 0 aromatic rings. The van der Waals surface area contributed by atoms with Crippen molar-refractivity contribution >= 4 is 17.9 Å². The van der Waals surface area contributed by atoms with Crippen LogP contribution in [-0.2, 0) is 28.6 Å². The Morgan fingerprint density at radius 2 is 0.830 bits per heavy atom. The van der Waals surface area contributed by atoms with E-state index in [4.69, 9.17) is 14.2 Å². The summed E-state index contributed by atoms with van der Waals surface area (Å²) in [4.78, 5) is 37.6. The Bertz CT molecular complexity index is 1120. The number of rotatable bonds is 35. The Hall–Kier alpha value is -3.67. The topological polar surface area (TPSA) is 78.9 Å². The van der Waals surface area contributed by atoms with Gasteiger partial charge in [-0.25, -0.2) is 0 Å². The summed E-state index contributed by atoms with van der Waals surface area (Å²) in [6.45, 7) is 6.21. The third kappa shape index (κ3) is 39.4. The van der Waals surface area contributed by atoms with E-state index in [1.165, 1.54) is 12.8 Å². The normalized spacial score (nSPS) is 13.0. The second-order valence-electron chi connectivity index (χ2n) is 13.2. The van der Waals surface area contributed by atoms with Gasteiger partial charge in [0.05, 0.1) is 0 Å². The molecular formula is C47H74O6. The van der Waals surface area contributed by atoms with Gasteiger partial charge in [0.15, 0.2) is 6.10 Å². The number of carbonyl (C=O) groups excluding carboxylic acids is 3. The van der Waals surface area contributed by atoms with E-state index in [2.05, 4.69) is 81.5 Å². The Morgan fingerprint density at radius 3 is 1.43 bits per heavy atom. The van der Waals surface area contributed by atoms with Crippen molar-refractivity contribution in [2.75, 3.05) is 13.2 Å². The van der Waals surface area contributed by atoms with Crippen LogP contribution in [0.1, 0.15) is 162 Å². The van der Waals surface area contributed by atoms with Crippen LogP contribution in [0.4, 0.5) is 0 Å². The molecule has 0 amide bonds. The zero-order valence-electron chi connectivity index (χ0n) is 33.7. The van der Waals surface area contributed by atoms with Gasteiger partial charge in [0, 0.05) is 19.3 Å². The zero-order chi connectivity index (χ0) is 38.7. The second kappa shape index (κ2) is 41.1. The summed E-state index contributed by atoms with van der Waals surface area (Å²) in [5, 5.41) is 0. The lowest BCUT2D eigenvalue weighted by atomic mass is 10.1. The van der Waals surface area contributed by atoms with E-state index < -0.39 is 6.10 Å². The van der Waals surface area contributed by atoms with Crippen LogP contribution in [0.2, 0.25) is 0 Å². The molecule has 0 saturated carbocycles. The molecule has 1 unspecified atom stereocenters. The van der Waals surface area contributed by atoms with Crippen molar-refractivity contribution in [3.63, 3.8) is 0 Å². The molecule has 0 aromatic heterocycles. The van der Waals surface area contributed by atoms with Gasteiger partial charge in [-0.1, -0.05) is 150 Å². The maximum Gasteiger partial charge on any atom is 0.306 e. The van der Waals surface area contributed by atoms with Crippen molar-refractivity contribution in [1.82, 2.24) is 0 Å². The second-order valence-corrected chi connectivity index (χ2v) is 13.2. The van der Waals surface area contributed by atoms with E-state index in [0.29, 0.717) is 19.3 Å². The lowest BCUT2D eigenvalue weighted by molar-refractivity contribution is -0.167. The molecule has 0 saturated heterocycles. The van der Waals surface area contributed by atoms with Gasteiger partial charge in [-0.05, 0) is 89.9 Å². The molecule has 53 heavy (non-hydrogen) atoms. The first kappa shape index (κ1) is 49.3. The highest BCUT2D eigenvalue weighted by molar-refractivity contribution is 5.71. The maximum atomic E-state index is 12.6. The third-order valence-corrected chi connectivity index (χ3v) is 8.15. The Morgan fingerprint density at radius 1 is 0.415 bits per heavy atom. The summed E-state index contributed by atoms with van der Waals surface area (Å²) in [6.07, 6.45) is 52.5. The summed E-state index contributed by atoms with van der Waals surface area (Å²) >= 11 is 0. The SMILES string of the molecule is CC\C=C/C=C\C=C/C=C\CCCCCC(=O)OCC(COC(=O)CCCCCC/C=C\CCCC)OC(=O)CCCC/C=C\C/C=C\C/C=C\CC. The minimum absolute atomic E-state index is 0.114. The van der Waals surface area contributed by atoms with Crippen LogP contribution < -0.4 is 0 Å². The lowest BCUT2D eigenvalue weighted by Crippen LogP contribution is -2.30. The molecule has 0 aliphatic rings. The number of esters is 3. The molecule has 0 aromatic carbocycles. The van der Waals surface area contributed by atoms with E-state index in [1.54, 1.807) is 0 Å². The molecule has 0 spiro atoms. The van der Waals surface area contributed by atoms with Gasteiger partial charge in [-0.2, -0.15) is 0 Å². The molecule has 0 N–H and O–H groups in total.